The first-order valence-corrected chi connectivity index (χ1v) is 5.50. The van der Waals surface area contributed by atoms with Crippen LogP contribution in [0.5, 0.6) is 0 Å². The van der Waals surface area contributed by atoms with Crippen LogP contribution in [0.2, 0.25) is 0 Å². The summed E-state index contributed by atoms with van der Waals surface area (Å²) < 4.78 is 30.4. The quantitative estimate of drug-likeness (QED) is 0.531. The summed E-state index contributed by atoms with van der Waals surface area (Å²) >= 11 is 0. The molecule has 1 aromatic carbocycles. The van der Waals surface area contributed by atoms with Crippen LogP contribution in [0, 0.1) is 21.7 Å². The number of hydrogen-bond donors (Lipinski definition) is 1. The van der Waals surface area contributed by atoms with Crippen LogP contribution < -0.4 is 5.43 Å². The molecule has 7 nitrogen and oxygen atoms in total. The van der Waals surface area contributed by atoms with Gasteiger partial charge in [0.05, 0.1) is 12.3 Å². The molecular weight excluding hydrogens is 288 g/mol. The molecule has 0 radical (unpaired) electrons. The van der Waals surface area contributed by atoms with Crippen molar-refractivity contribution in [3.05, 3.63) is 63.4 Å². The molecule has 0 fully saturated rings. The van der Waals surface area contributed by atoms with Gasteiger partial charge in [-0.2, -0.15) is 5.10 Å². The van der Waals surface area contributed by atoms with Crippen LogP contribution in [0.4, 0.5) is 14.7 Å². The lowest BCUT2D eigenvalue weighted by molar-refractivity contribution is -0.402. The van der Waals surface area contributed by atoms with E-state index in [0.29, 0.717) is 0 Å². The Hall–Kier alpha value is -3.10. The Labute approximate surface area is 116 Å². The monoisotopic (exact) mass is 295 g/mol. The van der Waals surface area contributed by atoms with E-state index in [9.17, 15) is 23.7 Å². The predicted molar refractivity (Wildman–Crippen MR) is 66.8 cm³/mol. The van der Waals surface area contributed by atoms with Crippen LogP contribution in [0.3, 0.4) is 0 Å². The Kier molecular flexibility index (Phi) is 4.02. The SMILES string of the molecule is O=C(N/N=C/c1ccc([N+](=O)[O-])o1)c1ccc(F)c(F)c1. The smallest absolute Gasteiger partial charge is 0.400 e. The lowest BCUT2D eigenvalue weighted by Gasteiger charge is -1.99. The predicted octanol–water partition coefficient (Wildman–Crippen LogP) is 2.23. The molecule has 1 amide bonds. The van der Waals surface area contributed by atoms with Crippen LogP contribution in [0.1, 0.15) is 16.1 Å². The molecule has 0 aliphatic heterocycles. The van der Waals surface area contributed by atoms with E-state index in [1.807, 2.05) is 5.43 Å². The first-order valence-electron chi connectivity index (χ1n) is 5.50. The lowest BCUT2D eigenvalue weighted by Crippen LogP contribution is -2.17. The first kappa shape index (κ1) is 14.3. The molecule has 0 spiro atoms. The lowest BCUT2D eigenvalue weighted by atomic mass is 10.2. The number of benzene rings is 1. The molecule has 9 heteroatoms. The van der Waals surface area contributed by atoms with Crippen molar-refractivity contribution in [3.63, 3.8) is 0 Å². The molecule has 0 saturated carbocycles. The average molecular weight is 295 g/mol. The van der Waals surface area contributed by atoms with Gasteiger partial charge in [0.15, 0.2) is 17.4 Å². The topological polar surface area (TPSA) is 97.7 Å². The summed E-state index contributed by atoms with van der Waals surface area (Å²) in [5, 5.41) is 13.9. The summed E-state index contributed by atoms with van der Waals surface area (Å²) in [4.78, 5) is 21.2. The van der Waals surface area contributed by atoms with Crippen molar-refractivity contribution >= 4 is 18.0 Å². The summed E-state index contributed by atoms with van der Waals surface area (Å²) in [5.41, 5.74) is 1.92. The summed E-state index contributed by atoms with van der Waals surface area (Å²) in [6.45, 7) is 0. The van der Waals surface area contributed by atoms with Gasteiger partial charge in [0, 0.05) is 5.56 Å². The minimum absolute atomic E-state index is 0.0484. The van der Waals surface area contributed by atoms with Gasteiger partial charge in [0.2, 0.25) is 0 Å². The molecule has 1 aromatic heterocycles. The number of carbonyl (C=O) groups excluding carboxylic acids is 1. The maximum absolute atomic E-state index is 12.9. The number of hydrazone groups is 1. The zero-order valence-corrected chi connectivity index (χ0v) is 10.2. The van der Waals surface area contributed by atoms with E-state index in [0.717, 1.165) is 30.5 Å². The fourth-order valence-electron chi connectivity index (χ4n) is 1.37. The summed E-state index contributed by atoms with van der Waals surface area (Å²) in [6.07, 6.45) is 1.03. The highest BCUT2D eigenvalue weighted by Gasteiger charge is 2.11. The fourth-order valence-corrected chi connectivity index (χ4v) is 1.37. The first-order chi connectivity index (χ1) is 9.97. The largest absolute Gasteiger partial charge is 0.433 e. The van der Waals surface area contributed by atoms with Crippen LogP contribution >= 0.6 is 0 Å². The van der Waals surface area contributed by atoms with Gasteiger partial charge in [-0.25, -0.2) is 14.2 Å². The van der Waals surface area contributed by atoms with Gasteiger partial charge in [-0.15, -0.1) is 0 Å². The Balaban J connectivity index is 2.01. The molecule has 1 heterocycles. The number of carbonyl (C=O) groups is 1. The average Bonchev–Trinajstić information content (AvgIpc) is 2.91. The van der Waals surface area contributed by atoms with E-state index in [4.69, 9.17) is 4.42 Å². The van der Waals surface area contributed by atoms with Gasteiger partial charge in [-0.05, 0) is 24.3 Å². The van der Waals surface area contributed by atoms with Crippen LogP contribution in [0.25, 0.3) is 0 Å². The van der Waals surface area contributed by atoms with E-state index >= 15 is 0 Å². The van der Waals surface area contributed by atoms with Gasteiger partial charge in [-0.1, -0.05) is 0 Å². The molecule has 0 aliphatic rings. The number of halogens is 2. The van der Waals surface area contributed by atoms with E-state index < -0.39 is 28.3 Å². The standard InChI is InChI=1S/C12H7F2N3O4/c13-9-3-1-7(5-10(9)14)12(18)16-15-6-8-2-4-11(21-8)17(19)20/h1-6H,(H,16,18)/b15-6+. The second kappa shape index (κ2) is 5.90. The number of amides is 1. The van der Waals surface area contributed by atoms with Gasteiger partial charge in [0.1, 0.15) is 4.92 Å². The highest BCUT2D eigenvalue weighted by molar-refractivity contribution is 5.94. The molecule has 108 valence electrons. The molecule has 21 heavy (non-hydrogen) atoms. The highest BCUT2D eigenvalue weighted by Crippen LogP contribution is 2.13. The van der Waals surface area contributed by atoms with E-state index in [1.165, 1.54) is 6.07 Å². The Morgan fingerprint density at radius 1 is 1.29 bits per heavy atom. The summed E-state index contributed by atoms with van der Waals surface area (Å²) in [7, 11) is 0. The van der Waals surface area contributed by atoms with Crippen molar-refractivity contribution in [2.45, 2.75) is 0 Å². The van der Waals surface area contributed by atoms with Crippen LogP contribution in [-0.2, 0) is 0 Å². The van der Waals surface area contributed by atoms with Crippen molar-refractivity contribution in [2.24, 2.45) is 5.10 Å². The Morgan fingerprint density at radius 2 is 2.05 bits per heavy atom. The Morgan fingerprint density at radius 3 is 2.67 bits per heavy atom. The van der Waals surface area contributed by atoms with Crippen molar-refractivity contribution in [3.8, 4) is 0 Å². The van der Waals surface area contributed by atoms with Gasteiger partial charge < -0.3 is 4.42 Å². The molecule has 0 atom stereocenters. The number of nitrogens with one attached hydrogen (secondary N) is 1. The zero-order valence-electron chi connectivity index (χ0n) is 10.2. The molecule has 0 saturated heterocycles. The molecule has 0 aliphatic carbocycles. The van der Waals surface area contributed by atoms with Crippen molar-refractivity contribution in [1.29, 1.82) is 0 Å². The van der Waals surface area contributed by atoms with E-state index in [2.05, 4.69) is 5.10 Å². The number of nitro groups is 1. The fraction of sp³-hybridized carbons (Fsp3) is 0. The van der Waals surface area contributed by atoms with Gasteiger partial charge in [0.25, 0.3) is 5.91 Å². The maximum atomic E-state index is 12.9. The molecule has 2 aromatic rings. The molecule has 1 N–H and O–H groups in total. The Bertz CT molecular complexity index is 727. The number of nitrogens with zero attached hydrogens (tertiary/aromatic N) is 2. The van der Waals surface area contributed by atoms with E-state index in [-0.39, 0.29) is 11.3 Å². The van der Waals surface area contributed by atoms with Crippen molar-refractivity contribution < 1.29 is 22.9 Å². The number of hydrogen-bond acceptors (Lipinski definition) is 5. The molecular formula is C12H7F2N3O4. The number of furan rings is 1. The van der Waals surface area contributed by atoms with Crippen molar-refractivity contribution in [2.75, 3.05) is 0 Å². The zero-order chi connectivity index (χ0) is 15.4. The molecule has 0 unspecified atom stereocenters. The van der Waals surface area contributed by atoms with Gasteiger partial charge >= 0.3 is 5.88 Å². The third-order valence-corrected chi connectivity index (χ3v) is 2.33. The minimum Gasteiger partial charge on any atom is -0.400 e. The third kappa shape index (κ3) is 3.47. The van der Waals surface area contributed by atoms with E-state index in [1.54, 1.807) is 0 Å². The maximum Gasteiger partial charge on any atom is 0.433 e. The van der Waals surface area contributed by atoms with Crippen LogP contribution in [-0.4, -0.2) is 17.0 Å². The summed E-state index contributed by atoms with van der Waals surface area (Å²) in [5.74, 6) is -3.42. The third-order valence-electron chi connectivity index (χ3n) is 2.33. The molecule has 2 rings (SSSR count). The van der Waals surface area contributed by atoms with Crippen LogP contribution in [0.15, 0.2) is 39.9 Å². The minimum atomic E-state index is -1.16. The number of rotatable bonds is 4. The normalized spacial score (nSPS) is 10.8. The second-order valence-corrected chi connectivity index (χ2v) is 3.76. The van der Waals surface area contributed by atoms with Gasteiger partial charge in [-0.3, -0.25) is 14.9 Å². The highest BCUT2D eigenvalue weighted by atomic mass is 19.2. The summed E-state index contributed by atoms with van der Waals surface area (Å²) in [6, 6.07) is 5.02. The molecule has 0 bridgehead atoms. The van der Waals surface area contributed by atoms with Crippen molar-refractivity contribution in [1.82, 2.24) is 5.43 Å². The second-order valence-electron chi connectivity index (χ2n) is 3.76.